The van der Waals surface area contributed by atoms with Crippen LogP contribution in [0.5, 0.6) is 5.75 Å². The van der Waals surface area contributed by atoms with Crippen LogP contribution in [0.15, 0.2) is 53.1 Å². The van der Waals surface area contributed by atoms with Gasteiger partial charge in [0.25, 0.3) is 0 Å². The van der Waals surface area contributed by atoms with Crippen LogP contribution < -0.4 is 9.64 Å². The SMILES string of the molecule is COc1ccc2c(CC(=O)N(C[C@H]3CCCO3)c3nc4ccccc4s3)coc2c1. The van der Waals surface area contributed by atoms with E-state index in [1.54, 1.807) is 18.3 Å². The molecule has 2 aromatic heterocycles. The summed E-state index contributed by atoms with van der Waals surface area (Å²) in [6, 6.07) is 13.6. The Labute approximate surface area is 178 Å². The third kappa shape index (κ3) is 3.66. The maximum Gasteiger partial charge on any atom is 0.233 e. The minimum atomic E-state index is -0.0110. The first-order valence-corrected chi connectivity index (χ1v) is 10.8. The van der Waals surface area contributed by atoms with Crippen molar-refractivity contribution in [1.82, 2.24) is 4.98 Å². The number of rotatable bonds is 6. The number of methoxy groups -OCH3 is 1. The van der Waals surface area contributed by atoms with Crippen molar-refractivity contribution in [3.05, 3.63) is 54.3 Å². The Morgan fingerprint density at radius 1 is 1.30 bits per heavy atom. The summed E-state index contributed by atoms with van der Waals surface area (Å²) in [5, 5.41) is 1.64. The van der Waals surface area contributed by atoms with Crippen LogP contribution in [0.3, 0.4) is 0 Å². The molecule has 2 aromatic carbocycles. The second-order valence-corrected chi connectivity index (χ2v) is 8.41. The molecule has 0 radical (unpaired) electrons. The monoisotopic (exact) mass is 422 g/mol. The molecule has 0 saturated carbocycles. The number of aromatic nitrogens is 1. The van der Waals surface area contributed by atoms with Crippen LogP contribution in [0.25, 0.3) is 21.2 Å². The number of nitrogens with zero attached hydrogens (tertiary/aromatic N) is 2. The minimum absolute atomic E-state index is 0.0110. The lowest BCUT2D eigenvalue weighted by Crippen LogP contribution is -2.38. The van der Waals surface area contributed by atoms with Gasteiger partial charge in [-0.1, -0.05) is 23.5 Å². The van der Waals surface area contributed by atoms with E-state index in [9.17, 15) is 4.79 Å². The predicted octanol–water partition coefficient (Wildman–Crippen LogP) is 4.81. The van der Waals surface area contributed by atoms with E-state index in [2.05, 4.69) is 0 Å². The van der Waals surface area contributed by atoms with Gasteiger partial charge in [-0.3, -0.25) is 9.69 Å². The lowest BCUT2D eigenvalue weighted by Gasteiger charge is -2.23. The lowest BCUT2D eigenvalue weighted by molar-refractivity contribution is -0.118. The van der Waals surface area contributed by atoms with Crippen molar-refractivity contribution in [2.75, 3.05) is 25.2 Å². The number of para-hydroxylation sites is 1. The van der Waals surface area contributed by atoms with Crippen LogP contribution in [0.4, 0.5) is 5.13 Å². The molecule has 1 saturated heterocycles. The number of hydrogen-bond acceptors (Lipinski definition) is 6. The third-order valence-corrected chi connectivity index (χ3v) is 6.49. The zero-order valence-electron chi connectivity index (χ0n) is 16.7. The lowest BCUT2D eigenvalue weighted by atomic mass is 10.1. The number of amides is 1. The van der Waals surface area contributed by atoms with Gasteiger partial charge in [-0.15, -0.1) is 0 Å². The highest BCUT2D eigenvalue weighted by Gasteiger charge is 2.27. The van der Waals surface area contributed by atoms with Crippen LogP contribution in [-0.4, -0.2) is 37.3 Å². The molecule has 1 fully saturated rings. The normalized spacial score (nSPS) is 16.4. The molecule has 0 spiro atoms. The second-order valence-electron chi connectivity index (χ2n) is 7.40. The van der Waals surface area contributed by atoms with Gasteiger partial charge in [-0.05, 0) is 37.1 Å². The van der Waals surface area contributed by atoms with E-state index in [-0.39, 0.29) is 18.4 Å². The molecule has 5 rings (SSSR count). The number of carbonyl (C=O) groups is 1. The highest BCUT2D eigenvalue weighted by Crippen LogP contribution is 2.31. The molecule has 154 valence electrons. The molecule has 1 atom stereocenters. The summed E-state index contributed by atoms with van der Waals surface area (Å²) < 4.78 is 17.8. The summed E-state index contributed by atoms with van der Waals surface area (Å²) in [7, 11) is 1.62. The molecular weight excluding hydrogens is 400 g/mol. The Hall–Kier alpha value is -2.90. The molecule has 1 aliphatic heterocycles. The van der Waals surface area contributed by atoms with Crippen molar-refractivity contribution in [2.24, 2.45) is 0 Å². The standard InChI is InChI=1S/C23H22N2O4S/c1-27-16-8-9-18-15(14-29-20(18)12-16)11-22(26)25(13-17-5-4-10-28-17)23-24-19-6-2-3-7-21(19)30-23/h2-3,6-9,12,14,17H,4-5,10-11,13H2,1H3/t17-/m1/s1. The number of furan rings is 1. The Bertz CT molecular complexity index is 1160. The van der Waals surface area contributed by atoms with Gasteiger partial charge in [0.1, 0.15) is 11.3 Å². The van der Waals surface area contributed by atoms with Crippen LogP contribution in [0.2, 0.25) is 0 Å². The molecule has 0 unspecified atom stereocenters. The van der Waals surface area contributed by atoms with Crippen molar-refractivity contribution >= 4 is 43.6 Å². The van der Waals surface area contributed by atoms with E-state index in [4.69, 9.17) is 18.9 Å². The average molecular weight is 423 g/mol. The van der Waals surface area contributed by atoms with Gasteiger partial charge in [0, 0.05) is 23.6 Å². The Morgan fingerprint density at radius 2 is 2.20 bits per heavy atom. The molecule has 3 heterocycles. The Morgan fingerprint density at radius 3 is 3.00 bits per heavy atom. The maximum absolute atomic E-state index is 13.4. The molecule has 6 nitrogen and oxygen atoms in total. The fraction of sp³-hybridized carbons (Fsp3) is 0.304. The molecular formula is C23H22N2O4S. The zero-order valence-corrected chi connectivity index (χ0v) is 17.5. The first-order valence-electron chi connectivity index (χ1n) is 10.0. The molecule has 7 heteroatoms. The van der Waals surface area contributed by atoms with Gasteiger partial charge in [-0.2, -0.15) is 0 Å². The number of hydrogen-bond donors (Lipinski definition) is 0. The molecule has 0 aliphatic carbocycles. The van der Waals surface area contributed by atoms with Gasteiger partial charge >= 0.3 is 0 Å². The van der Waals surface area contributed by atoms with Gasteiger partial charge < -0.3 is 13.9 Å². The van der Waals surface area contributed by atoms with Crippen molar-refractivity contribution in [1.29, 1.82) is 0 Å². The number of benzene rings is 2. The molecule has 30 heavy (non-hydrogen) atoms. The number of ether oxygens (including phenoxy) is 2. The summed E-state index contributed by atoms with van der Waals surface area (Å²) in [6.45, 7) is 1.27. The highest BCUT2D eigenvalue weighted by molar-refractivity contribution is 7.22. The topological polar surface area (TPSA) is 64.8 Å². The van der Waals surface area contributed by atoms with Crippen molar-refractivity contribution in [2.45, 2.75) is 25.4 Å². The van der Waals surface area contributed by atoms with Crippen LogP contribution in [0.1, 0.15) is 18.4 Å². The van der Waals surface area contributed by atoms with Gasteiger partial charge in [0.15, 0.2) is 5.13 Å². The number of fused-ring (bicyclic) bond motifs is 2. The highest BCUT2D eigenvalue weighted by atomic mass is 32.1. The summed E-state index contributed by atoms with van der Waals surface area (Å²) in [5.74, 6) is 0.715. The van der Waals surface area contributed by atoms with Gasteiger partial charge in [0.2, 0.25) is 5.91 Å². The molecule has 1 aliphatic rings. The first-order chi connectivity index (χ1) is 14.7. The van der Waals surface area contributed by atoms with E-state index < -0.39 is 0 Å². The summed E-state index contributed by atoms with van der Waals surface area (Å²) >= 11 is 1.54. The number of anilines is 1. The second kappa shape index (κ2) is 8.08. The summed E-state index contributed by atoms with van der Waals surface area (Å²) in [5.41, 5.74) is 2.47. The quantitative estimate of drug-likeness (QED) is 0.446. The van der Waals surface area contributed by atoms with Gasteiger partial charge in [-0.25, -0.2) is 4.98 Å². The van der Waals surface area contributed by atoms with Crippen molar-refractivity contribution < 1.29 is 18.7 Å². The zero-order chi connectivity index (χ0) is 20.5. The molecule has 1 amide bonds. The summed E-state index contributed by atoms with van der Waals surface area (Å²) in [4.78, 5) is 19.9. The van der Waals surface area contributed by atoms with Crippen LogP contribution in [-0.2, 0) is 16.0 Å². The molecule has 0 N–H and O–H groups in total. The fourth-order valence-corrected chi connectivity index (χ4v) is 4.83. The van der Waals surface area contributed by atoms with Crippen LogP contribution in [0, 0.1) is 0 Å². The fourth-order valence-electron chi connectivity index (χ4n) is 3.84. The van der Waals surface area contributed by atoms with E-state index in [0.29, 0.717) is 17.3 Å². The van der Waals surface area contributed by atoms with E-state index in [1.165, 1.54) is 11.3 Å². The predicted molar refractivity (Wildman–Crippen MR) is 117 cm³/mol. The largest absolute Gasteiger partial charge is 0.497 e. The van der Waals surface area contributed by atoms with Gasteiger partial charge in [0.05, 0.1) is 42.7 Å². The molecule has 0 bridgehead atoms. The van der Waals surface area contributed by atoms with E-state index in [1.807, 2.05) is 42.5 Å². The minimum Gasteiger partial charge on any atom is -0.497 e. The number of carbonyl (C=O) groups excluding carboxylic acids is 1. The Balaban J connectivity index is 1.45. The smallest absolute Gasteiger partial charge is 0.233 e. The Kier molecular flexibility index (Phi) is 5.14. The van der Waals surface area contributed by atoms with Crippen molar-refractivity contribution in [3.63, 3.8) is 0 Å². The van der Waals surface area contributed by atoms with Crippen molar-refractivity contribution in [3.8, 4) is 5.75 Å². The van der Waals surface area contributed by atoms with E-state index >= 15 is 0 Å². The summed E-state index contributed by atoms with van der Waals surface area (Å²) in [6.07, 6.45) is 3.93. The average Bonchev–Trinajstić information content (AvgIpc) is 3.51. The first kappa shape index (κ1) is 19.1. The van der Waals surface area contributed by atoms with E-state index in [0.717, 1.165) is 46.4 Å². The number of thiazole rings is 1. The third-order valence-electron chi connectivity index (χ3n) is 5.43. The van der Waals surface area contributed by atoms with Crippen LogP contribution >= 0.6 is 11.3 Å². The maximum atomic E-state index is 13.4. The molecule has 4 aromatic rings.